The lowest BCUT2D eigenvalue weighted by Crippen LogP contribution is -1.97. The second-order valence-corrected chi connectivity index (χ2v) is 2.92. The third-order valence-electron chi connectivity index (χ3n) is 1.72. The van der Waals surface area contributed by atoms with E-state index in [0.717, 1.165) is 11.1 Å². The number of hydrogen-bond donors (Lipinski definition) is 2. The standard InChI is InChI=1S/C10H13NO/c1-7(2)10(12)8-3-5-9(11)6-4-8/h3-6,10,12H,1,11H2,2H3. The smallest absolute Gasteiger partial charge is 0.0995 e. The molecule has 2 heteroatoms. The first kappa shape index (κ1) is 8.81. The number of benzene rings is 1. The quantitative estimate of drug-likeness (QED) is 0.516. The normalized spacial score (nSPS) is 12.5. The topological polar surface area (TPSA) is 46.2 Å². The van der Waals surface area contributed by atoms with Crippen molar-refractivity contribution in [3.05, 3.63) is 42.0 Å². The molecule has 0 aromatic heterocycles. The minimum atomic E-state index is -0.578. The fourth-order valence-corrected chi connectivity index (χ4v) is 0.963. The Hall–Kier alpha value is -1.28. The summed E-state index contributed by atoms with van der Waals surface area (Å²) in [7, 11) is 0. The first-order valence-electron chi connectivity index (χ1n) is 3.80. The lowest BCUT2D eigenvalue weighted by atomic mass is 10.0. The van der Waals surface area contributed by atoms with Gasteiger partial charge in [0, 0.05) is 5.69 Å². The molecule has 1 rings (SSSR count). The molecule has 3 N–H and O–H groups in total. The summed E-state index contributed by atoms with van der Waals surface area (Å²) < 4.78 is 0. The highest BCUT2D eigenvalue weighted by molar-refractivity contribution is 5.40. The van der Waals surface area contributed by atoms with Crippen LogP contribution in [-0.4, -0.2) is 5.11 Å². The number of nitrogens with two attached hydrogens (primary N) is 1. The molecular weight excluding hydrogens is 150 g/mol. The van der Waals surface area contributed by atoms with Crippen molar-refractivity contribution in [2.45, 2.75) is 13.0 Å². The molecule has 0 amide bonds. The maximum atomic E-state index is 9.55. The van der Waals surface area contributed by atoms with Gasteiger partial charge >= 0.3 is 0 Å². The van der Waals surface area contributed by atoms with Crippen LogP contribution in [-0.2, 0) is 0 Å². The summed E-state index contributed by atoms with van der Waals surface area (Å²) in [6, 6.07) is 7.13. The fraction of sp³-hybridized carbons (Fsp3) is 0.200. The SMILES string of the molecule is C=C(C)C(O)c1ccc(N)cc1. The minimum absolute atomic E-state index is 0.578. The molecule has 0 saturated carbocycles. The van der Waals surface area contributed by atoms with E-state index < -0.39 is 6.10 Å². The van der Waals surface area contributed by atoms with Crippen molar-refractivity contribution in [3.8, 4) is 0 Å². The Balaban J connectivity index is 2.89. The Kier molecular flexibility index (Phi) is 2.51. The summed E-state index contributed by atoms with van der Waals surface area (Å²) in [5, 5.41) is 9.55. The second kappa shape index (κ2) is 3.41. The monoisotopic (exact) mass is 163 g/mol. The molecule has 12 heavy (non-hydrogen) atoms. The zero-order chi connectivity index (χ0) is 9.14. The Labute approximate surface area is 72.3 Å². The molecule has 1 unspecified atom stereocenters. The van der Waals surface area contributed by atoms with Crippen molar-refractivity contribution in [3.63, 3.8) is 0 Å². The van der Waals surface area contributed by atoms with Gasteiger partial charge in [-0.15, -0.1) is 0 Å². The molecule has 0 aliphatic carbocycles. The predicted octanol–water partition coefficient (Wildman–Crippen LogP) is 1.88. The second-order valence-electron chi connectivity index (χ2n) is 2.92. The van der Waals surface area contributed by atoms with Crippen LogP contribution in [0.2, 0.25) is 0 Å². The van der Waals surface area contributed by atoms with Crippen molar-refractivity contribution < 1.29 is 5.11 Å². The Morgan fingerprint density at radius 1 is 1.42 bits per heavy atom. The minimum Gasteiger partial charge on any atom is -0.399 e. The van der Waals surface area contributed by atoms with E-state index in [1.54, 1.807) is 31.2 Å². The molecular formula is C10H13NO. The number of aliphatic hydroxyl groups excluding tert-OH is 1. The number of aliphatic hydroxyl groups is 1. The molecule has 0 heterocycles. The Morgan fingerprint density at radius 2 is 1.92 bits per heavy atom. The molecule has 2 nitrogen and oxygen atoms in total. The van der Waals surface area contributed by atoms with Crippen molar-refractivity contribution in [1.29, 1.82) is 0 Å². The Bertz CT molecular complexity index is 276. The van der Waals surface area contributed by atoms with E-state index >= 15 is 0 Å². The zero-order valence-corrected chi connectivity index (χ0v) is 7.12. The molecule has 0 saturated heterocycles. The predicted molar refractivity (Wildman–Crippen MR) is 50.6 cm³/mol. The highest BCUT2D eigenvalue weighted by Gasteiger charge is 2.06. The molecule has 0 fully saturated rings. The summed E-state index contributed by atoms with van der Waals surface area (Å²) in [6.45, 7) is 5.47. The summed E-state index contributed by atoms with van der Waals surface area (Å²) in [4.78, 5) is 0. The first-order valence-corrected chi connectivity index (χ1v) is 3.80. The van der Waals surface area contributed by atoms with Crippen LogP contribution in [0.5, 0.6) is 0 Å². The van der Waals surface area contributed by atoms with Gasteiger partial charge in [-0.1, -0.05) is 18.7 Å². The third kappa shape index (κ3) is 1.86. The van der Waals surface area contributed by atoms with Gasteiger partial charge in [0.15, 0.2) is 0 Å². The van der Waals surface area contributed by atoms with Crippen LogP contribution in [0.1, 0.15) is 18.6 Å². The van der Waals surface area contributed by atoms with Gasteiger partial charge in [0.1, 0.15) is 0 Å². The van der Waals surface area contributed by atoms with Gasteiger partial charge in [0.25, 0.3) is 0 Å². The van der Waals surface area contributed by atoms with Gasteiger partial charge in [0.2, 0.25) is 0 Å². The lowest BCUT2D eigenvalue weighted by Gasteiger charge is -2.09. The molecule has 1 aromatic carbocycles. The average Bonchev–Trinajstić information content (AvgIpc) is 2.04. The van der Waals surface area contributed by atoms with Gasteiger partial charge in [-0.3, -0.25) is 0 Å². The summed E-state index contributed by atoms with van der Waals surface area (Å²) in [6.07, 6.45) is -0.578. The molecule has 0 bridgehead atoms. The van der Waals surface area contributed by atoms with Crippen LogP contribution in [0, 0.1) is 0 Å². The molecule has 0 radical (unpaired) electrons. The largest absolute Gasteiger partial charge is 0.399 e. The maximum absolute atomic E-state index is 9.55. The number of rotatable bonds is 2. The van der Waals surface area contributed by atoms with E-state index in [0.29, 0.717) is 5.69 Å². The van der Waals surface area contributed by atoms with Gasteiger partial charge in [-0.05, 0) is 30.2 Å². The highest BCUT2D eigenvalue weighted by Crippen LogP contribution is 2.20. The van der Waals surface area contributed by atoms with Gasteiger partial charge in [-0.25, -0.2) is 0 Å². The average molecular weight is 163 g/mol. The van der Waals surface area contributed by atoms with Crippen LogP contribution in [0.4, 0.5) is 5.69 Å². The van der Waals surface area contributed by atoms with Crippen molar-refractivity contribution in [1.82, 2.24) is 0 Å². The van der Waals surface area contributed by atoms with Crippen molar-refractivity contribution in [2.75, 3.05) is 5.73 Å². The fourth-order valence-electron chi connectivity index (χ4n) is 0.963. The molecule has 1 atom stereocenters. The number of hydrogen-bond acceptors (Lipinski definition) is 2. The molecule has 0 spiro atoms. The van der Waals surface area contributed by atoms with Gasteiger partial charge in [0.05, 0.1) is 6.10 Å². The van der Waals surface area contributed by atoms with E-state index in [-0.39, 0.29) is 0 Å². The molecule has 0 aliphatic heterocycles. The maximum Gasteiger partial charge on any atom is 0.0995 e. The molecule has 1 aromatic rings. The van der Waals surface area contributed by atoms with Gasteiger partial charge < -0.3 is 10.8 Å². The zero-order valence-electron chi connectivity index (χ0n) is 7.12. The van der Waals surface area contributed by atoms with E-state index in [1.165, 1.54) is 0 Å². The van der Waals surface area contributed by atoms with E-state index in [1.807, 2.05) is 0 Å². The number of anilines is 1. The van der Waals surface area contributed by atoms with E-state index in [4.69, 9.17) is 5.73 Å². The lowest BCUT2D eigenvalue weighted by molar-refractivity contribution is 0.216. The summed E-state index contributed by atoms with van der Waals surface area (Å²) in [5.41, 5.74) is 7.77. The van der Waals surface area contributed by atoms with Gasteiger partial charge in [-0.2, -0.15) is 0 Å². The van der Waals surface area contributed by atoms with E-state index in [2.05, 4.69) is 6.58 Å². The van der Waals surface area contributed by atoms with Crippen molar-refractivity contribution in [2.24, 2.45) is 0 Å². The highest BCUT2D eigenvalue weighted by atomic mass is 16.3. The first-order chi connectivity index (χ1) is 5.61. The van der Waals surface area contributed by atoms with Crippen molar-refractivity contribution >= 4 is 5.69 Å². The number of nitrogen functional groups attached to an aromatic ring is 1. The molecule has 64 valence electrons. The third-order valence-corrected chi connectivity index (χ3v) is 1.72. The van der Waals surface area contributed by atoms with Crippen LogP contribution in [0.25, 0.3) is 0 Å². The summed E-state index contributed by atoms with van der Waals surface area (Å²) >= 11 is 0. The molecule has 0 aliphatic rings. The Morgan fingerprint density at radius 3 is 2.33 bits per heavy atom. The van der Waals surface area contributed by atoms with Crippen LogP contribution in [0.15, 0.2) is 36.4 Å². The summed E-state index contributed by atoms with van der Waals surface area (Å²) in [5.74, 6) is 0. The van der Waals surface area contributed by atoms with E-state index in [9.17, 15) is 5.11 Å². The van der Waals surface area contributed by atoms with Crippen LogP contribution >= 0.6 is 0 Å². The van der Waals surface area contributed by atoms with Crippen LogP contribution < -0.4 is 5.73 Å². The van der Waals surface area contributed by atoms with Crippen LogP contribution in [0.3, 0.4) is 0 Å².